The molecule has 0 spiro atoms. The van der Waals surface area contributed by atoms with Gasteiger partial charge >= 0.3 is 0 Å². The molecule has 98 valence electrons. The molecule has 0 bridgehead atoms. The third-order valence-corrected chi connectivity index (χ3v) is 2.73. The molecule has 1 fully saturated rings. The number of anilines is 1. The van der Waals surface area contributed by atoms with Crippen molar-refractivity contribution in [3.8, 4) is 0 Å². The zero-order valence-electron chi connectivity index (χ0n) is 10.3. The van der Waals surface area contributed by atoms with Crippen LogP contribution in [0.15, 0.2) is 12.3 Å². The maximum absolute atomic E-state index is 13.2. The lowest BCUT2D eigenvalue weighted by Crippen LogP contribution is -2.41. The standard InChI is InChI=1S/C12H16FN3O2/c1-2-14-11-10(7-9(13)8-15-11)12(17)16-3-5-18-6-4-16/h7-8H,2-6H2,1H3,(H,14,15). The number of carbonyl (C=O) groups excluding carboxylic acids is 1. The molecule has 1 N–H and O–H groups in total. The summed E-state index contributed by atoms with van der Waals surface area (Å²) < 4.78 is 18.4. The first-order chi connectivity index (χ1) is 8.72. The zero-order valence-corrected chi connectivity index (χ0v) is 10.3. The van der Waals surface area contributed by atoms with E-state index >= 15 is 0 Å². The molecule has 0 aromatic carbocycles. The van der Waals surface area contributed by atoms with Crippen molar-refractivity contribution < 1.29 is 13.9 Å². The maximum atomic E-state index is 13.2. The number of hydrogen-bond acceptors (Lipinski definition) is 4. The summed E-state index contributed by atoms with van der Waals surface area (Å²) in [5, 5.41) is 2.97. The predicted octanol–water partition coefficient (Wildman–Crippen LogP) is 1.12. The van der Waals surface area contributed by atoms with Gasteiger partial charge in [0.2, 0.25) is 0 Å². The second-order valence-electron chi connectivity index (χ2n) is 3.98. The van der Waals surface area contributed by atoms with Crippen molar-refractivity contribution in [2.75, 3.05) is 38.2 Å². The Morgan fingerprint density at radius 1 is 1.56 bits per heavy atom. The van der Waals surface area contributed by atoms with Crippen molar-refractivity contribution in [2.24, 2.45) is 0 Å². The lowest BCUT2D eigenvalue weighted by atomic mass is 10.2. The van der Waals surface area contributed by atoms with E-state index in [0.29, 0.717) is 38.7 Å². The van der Waals surface area contributed by atoms with Crippen molar-refractivity contribution >= 4 is 11.7 Å². The average Bonchev–Trinajstić information content (AvgIpc) is 2.41. The topological polar surface area (TPSA) is 54.5 Å². The molecule has 0 saturated carbocycles. The molecule has 6 heteroatoms. The average molecular weight is 253 g/mol. The van der Waals surface area contributed by atoms with Crippen molar-refractivity contribution in [1.29, 1.82) is 0 Å². The first-order valence-corrected chi connectivity index (χ1v) is 5.99. The molecule has 2 rings (SSSR count). The van der Waals surface area contributed by atoms with Crippen LogP contribution in [0, 0.1) is 5.82 Å². The van der Waals surface area contributed by atoms with E-state index in [9.17, 15) is 9.18 Å². The van der Waals surface area contributed by atoms with Gasteiger partial charge in [0.15, 0.2) is 0 Å². The van der Waals surface area contributed by atoms with Crippen LogP contribution in [-0.4, -0.2) is 48.6 Å². The number of pyridine rings is 1. The fraction of sp³-hybridized carbons (Fsp3) is 0.500. The summed E-state index contributed by atoms with van der Waals surface area (Å²) >= 11 is 0. The molecule has 1 aromatic rings. The van der Waals surface area contributed by atoms with Gasteiger partial charge in [0.1, 0.15) is 11.6 Å². The van der Waals surface area contributed by atoms with Gasteiger partial charge in [0.25, 0.3) is 5.91 Å². The van der Waals surface area contributed by atoms with Gasteiger partial charge in [-0.15, -0.1) is 0 Å². The van der Waals surface area contributed by atoms with Crippen molar-refractivity contribution in [1.82, 2.24) is 9.88 Å². The molecule has 0 aliphatic carbocycles. The normalized spacial score (nSPS) is 15.6. The highest BCUT2D eigenvalue weighted by molar-refractivity contribution is 5.98. The second kappa shape index (κ2) is 5.77. The van der Waals surface area contributed by atoms with Gasteiger partial charge < -0.3 is 15.0 Å². The smallest absolute Gasteiger partial charge is 0.257 e. The van der Waals surface area contributed by atoms with Crippen LogP contribution in [0.2, 0.25) is 0 Å². The molecule has 0 unspecified atom stereocenters. The fourth-order valence-corrected chi connectivity index (χ4v) is 1.85. The van der Waals surface area contributed by atoms with E-state index in [1.54, 1.807) is 4.90 Å². The minimum absolute atomic E-state index is 0.207. The molecule has 5 nitrogen and oxygen atoms in total. The molecule has 1 saturated heterocycles. The Morgan fingerprint density at radius 3 is 2.94 bits per heavy atom. The van der Waals surface area contributed by atoms with Crippen LogP contribution >= 0.6 is 0 Å². The predicted molar refractivity (Wildman–Crippen MR) is 65.1 cm³/mol. The molecule has 0 radical (unpaired) electrons. The summed E-state index contributed by atoms with van der Waals surface area (Å²) in [5.41, 5.74) is 0.277. The lowest BCUT2D eigenvalue weighted by molar-refractivity contribution is 0.0303. The number of halogens is 1. The van der Waals surface area contributed by atoms with Gasteiger partial charge in [0.05, 0.1) is 25.0 Å². The molecule has 1 aliphatic rings. The SMILES string of the molecule is CCNc1ncc(F)cc1C(=O)N1CCOCC1. The van der Waals surface area contributed by atoms with Crippen LogP contribution in [0.1, 0.15) is 17.3 Å². The Kier molecular flexibility index (Phi) is 4.09. The quantitative estimate of drug-likeness (QED) is 0.877. The van der Waals surface area contributed by atoms with Crippen LogP contribution in [0.3, 0.4) is 0 Å². The molecule has 18 heavy (non-hydrogen) atoms. The van der Waals surface area contributed by atoms with Crippen molar-refractivity contribution in [3.63, 3.8) is 0 Å². The van der Waals surface area contributed by atoms with Gasteiger partial charge in [-0.05, 0) is 13.0 Å². The largest absolute Gasteiger partial charge is 0.378 e. The Hall–Kier alpha value is -1.69. The van der Waals surface area contributed by atoms with Crippen molar-refractivity contribution in [3.05, 3.63) is 23.6 Å². The Balaban J connectivity index is 2.24. The monoisotopic (exact) mass is 253 g/mol. The summed E-state index contributed by atoms with van der Waals surface area (Å²) in [6.07, 6.45) is 1.11. The first kappa shape index (κ1) is 12.8. The zero-order chi connectivity index (χ0) is 13.0. The van der Waals surface area contributed by atoms with Crippen LogP contribution in [-0.2, 0) is 4.74 Å². The highest BCUT2D eigenvalue weighted by Crippen LogP contribution is 2.16. The number of amides is 1. The van der Waals surface area contributed by atoms with Gasteiger partial charge in [0, 0.05) is 19.6 Å². The Morgan fingerprint density at radius 2 is 2.28 bits per heavy atom. The minimum atomic E-state index is -0.506. The van der Waals surface area contributed by atoms with E-state index in [-0.39, 0.29) is 11.5 Å². The molecule has 1 aromatic heterocycles. The number of hydrogen-bond donors (Lipinski definition) is 1. The van der Waals surface area contributed by atoms with E-state index < -0.39 is 5.82 Å². The van der Waals surface area contributed by atoms with Crippen molar-refractivity contribution in [2.45, 2.75) is 6.92 Å². The van der Waals surface area contributed by atoms with Gasteiger partial charge in [-0.3, -0.25) is 4.79 Å². The highest BCUT2D eigenvalue weighted by Gasteiger charge is 2.22. The summed E-state index contributed by atoms with van der Waals surface area (Å²) in [6, 6.07) is 1.22. The third-order valence-electron chi connectivity index (χ3n) is 2.73. The lowest BCUT2D eigenvalue weighted by Gasteiger charge is -2.27. The molecular weight excluding hydrogens is 237 g/mol. The van der Waals surface area contributed by atoms with E-state index in [0.717, 1.165) is 6.20 Å². The number of rotatable bonds is 3. The highest BCUT2D eigenvalue weighted by atomic mass is 19.1. The third kappa shape index (κ3) is 2.76. The maximum Gasteiger partial charge on any atom is 0.257 e. The number of aromatic nitrogens is 1. The number of ether oxygens (including phenoxy) is 1. The summed E-state index contributed by atoms with van der Waals surface area (Å²) in [7, 11) is 0. The number of nitrogens with zero attached hydrogens (tertiary/aromatic N) is 2. The molecule has 1 amide bonds. The van der Waals surface area contributed by atoms with Crippen LogP contribution in [0.25, 0.3) is 0 Å². The first-order valence-electron chi connectivity index (χ1n) is 5.99. The number of nitrogens with one attached hydrogen (secondary N) is 1. The number of morpholine rings is 1. The number of carbonyl (C=O) groups is 1. The molecule has 0 atom stereocenters. The van der Waals surface area contributed by atoms with Gasteiger partial charge in [-0.1, -0.05) is 0 Å². The summed E-state index contributed by atoms with van der Waals surface area (Å²) in [6.45, 7) is 4.62. The summed E-state index contributed by atoms with van der Waals surface area (Å²) in [4.78, 5) is 17.8. The molecular formula is C12H16FN3O2. The van der Waals surface area contributed by atoms with E-state index in [2.05, 4.69) is 10.3 Å². The molecule has 2 heterocycles. The Labute approximate surface area is 105 Å². The Bertz CT molecular complexity index is 433. The van der Waals surface area contributed by atoms with Gasteiger partial charge in [-0.25, -0.2) is 9.37 Å². The minimum Gasteiger partial charge on any atom is -0.378 e. The van der Waals surface area contributed by atoms with E-state index in [1.165, 1.54) is 6.07 Å². The van der Waals surface area contributed by atoms with Crippen LogP contribution in [0.4, 0.5) is 10.2 Å². The van der Waals surface area contributed by atoms with E-state index in [1.807, 2.05) is 6.92 Å². The van der Waals surface area contributed by atoms with Gasteiger partial charge in [-0.2, -0.15) is 0 Å². The second-order valence-corrected chi connectivity index (χ2v) is 3.98. The van der Waals surface area contributed by atoms with Crippen LogP contribution < -0.4 is 5.32 Å². The fourth-order valence-electron chi connectivity index (χ4n) is 1.85. The van der Waals surface area contributed by atoms with E-state index in [4.69, 9.17) is 4.74 Å². The van der Waals surface area contributed by atoms with Crippen LogP contribution in [0.5, 0.6) is 0 Å². The molecule has 1 aliphatic heterocycles. The summed E-state index contributed by atoms with van der Waals surface area (Å²) in [5.74, 6) is -0.287.